The number of aliphatic hydroxyl groups is 1. The highest BCUT2D eigenvalue weighted by atomic mass is 32.2. The van der Waals surface area contributed by atoms with Crippen molar-refractivity contribution in [1.29, 1.82) is 0 Å². The Morgan fingerprint density at radius 3 is 2.76 bits per heavy atom. The lowest BCUT2D eigenvalue weighted by atomic mass is 10.1. The van der Waals surface area contributed by atoms with Crippen LogP contribution in [0.2, 0.25) is 0 Å². The zero-order valence-electron chi connectivity index (χ0n) is 12.2. The van der Waals surface area contributed by atoms with Gasteiger partial charge in [0.25, 0.3) is 0 Å². The molecule has 2 fully saturated rings. The van der Waals surface area contributed by atoms with Crippen molar-refractivity contribution in [3.63, 3.8) is 0 Å². The minimum atomic E-state index is -3.52. The van der Waals surface area contributed by atoms with Crippen molar-refractivity contribution in [3.05, 3.63) is 29.8 Å². The van der Waals surface area contributed by atoms with Gasteiger partial charge in [0, 0.05) is 25.2 Å². The third kappa shape index (κ3) is 3.45. The van der Waals surface area contributed by atoms with Crippen LogP contribution in [0.1, 0.15) is 37.9 Å². The fourth-order valence-electron chi connectivity index (χ4n) is 2.88. The van der Waals surface area contributed by atoms with E-state index in [0.717, 1.165) is 19.5 Å². The van der Waals surface area contributed by atoms with Gasteiger partial charge in [0.15, 0.2) is 0 Å². The van der Waals surface area contributed by atoms with Gasteiger partial charge >= 0.3 is 0 Å². The highest BCUT2D eigenvalue weighted by Gasteiger charge is 2.35. The number of nitrogens with zero attached hydrogens (tertiary/aromatic N) is 1. The third-order valence-electron chi connectivity index (χ3n) is 4.26. The summed E-state index contributed by atoms with van der Waals surface area (Å²) in [6, 6.07) is 7.18. The maximum Gasteiger partial charge on any atom is 0.240 e. The second-order valence-electron chi connectivity index (χ2n) is 6.08. The predicted octanol–water partition coefficient (Wildman–Crippen LogP) is 1.25. The molecular formula is C15H22N2O3S. The zero-order valence-corrected chi connectivity index (χ0v) is 13.0. The predicted molar refractivity (Wildman–Crippen MR) is 80.4 cm³/mol. The summed E-state index contributed by atoms with van der Waals surface area (Å²) < 4.78 is 27.7. The number of nitrogens with one attached hydrogen (secondary N) is 1. The Morgan fingerprint density at radius 1 is 1.33 bits per heavy atom. The number of benzene rings is 1. The quantitative estimate of drug-likeness (QED) is 0.859. The van der Waals surface area contributed by atoms with Crippen LogP contribution < -0.4 is 4.72 Å². The molecule has 2 unspecified atom stereocenters. The highest BCUT2D eigenvalue weighted by molar-refractivity contribution is 7.89. The summed E-state index contributed by atoms with van der Waals surface area (Å²) in [6.45, 7) is 3.41. The van der Waals surface area contributed by atoms with E-state index in [2.05, 4.69) is 9.62 Å². The summed E-state index contributed by atoms with van der Waals surface area (Å²) in [7, 11) is -3.52. The van der Waals surface area contributed by atoms with Crippen LogP contribution in [0.15, 0.2) is 29.2 Å². The Hall–Kier alpha value is -0.950. The number of rotatable bonds is 5. The summed E-state index contributed by atoms with van der Waals surface area (Å²) in [6.07, 6.45) is 2.69. The lowest BCUT2D eigenvalue weighted by Crippen LogP contribution is -2.37. The van der Waals surface area contributed by atoms with Crippen molar-refractivity contribution >= 4 is 10.0 Å². The van der Waals surface area contributed by atoms with Gasteiger partial charge in [-0.25, -0.2) is 13.1 Å². The Morgan fingerprint density at radius 2 is 2.10 bits per heavy atom. The summed E-state index contributed by atoms with van der Waals surface area (Å²) >= 11 is 0. The van der Waals surface area contributed by atoms with Gasteiger partial charge in [0.1, 0.15) is 0 Å². The highest BCUT2D eigenvalue weighted by Crippen LogP contribution is 2.30. The molecule has 6 heteroatoms. The number of sulfonamides is 1. The lowest BCUT2D eigenvalue weighted by Gasteiger charge is -2.16. The van der Waals surface area contributed by atoms with E-state index in [-0.39, 0.29) is 10.9 Å². The van der Waals surface area contributed by atoms with Crippen molar-refractivity contribution in [3.8, 4) is 0 Å². The molecule has 3 rings (SSSR count). The van der Waals surface area contributed by atoms with Gasteiger partial charge in [-0.05, 0) is 43.9 Å². The molecule has 1 aliphatic heterocycles. The average Bonchev–Trinajstić information content (AvgIpc) is 3.20. The molecule has 1 saturated carbocycles. The van der Waals surface area contributed by atoms with Crippen molar-refractivity contribution in [2.45, 2.75) is 49.3 Å². The van der Waals surface area contributed by atoms with Crippen LogP contribution in [-0.2, 0) is 10.0 Å². The normalized spacial score (nSPS) is 25.1. The molecule has 1 aromatic rings. The topological polar surface area (TPSA) is 69.6 Å². The number of likely N-dealkylation sites (tertiary alicyclic amines) is 1. The van der Waals surface area contributed by atoms with Crippen LogP contribution in [0.5, 0.6) is 0 Å². The van der Waals surface area contributed by atoms with Crippen molar-refractivity contribution in [1.82, 2.24) is 9.62 Å². The van der Waals surface area contributed by atoms with Crippen LogP contribution in [0.25, 0.3) is 0 Å². The Bertz CT molecular complexity index is 611. The van der Waals surface area contributed by atoms with E-state index < -0.39 is 16.1 Å². The zero-order chi connectivity index (χ0) is 15.0. The van der Waals surface area contributed by atoms with E-state index in [1.54, 1.807) is 31.2 Å². The molecule has 0 aromatic heterocycles. The van der Waals surface area contributed by atoms with Gasteiger partial charge in [-0.3, -0.25) is 4.90 Å². The van der Waals surface area contributed by atoms with E-state index >= 15 is 0 Å². The molecule has 1 heterocycles. The molecule has 0 amide bonds. The molecule has 21 heavy (non-hydrogen) atoms. The van der Waals surface area contributed by atoms with Crippen molar-refractivity contribution < 1.29 is 13.5 Å². The van der Waals surface area contributed by atoms with Crippen molar-refractivity contribution in [2.24, 2.45) is 0 Å². The molecule has 2 atom stereocenters. The standard InChI is InChI=1S/C15H22N2O3S/c1-11(18)12-3-2-4-15(9-12)21(19,20)16-13-7-8-17(10-13)14-5-6-14/h2-4,9,11,13-14,16,18H,5-8,10H2,1H3. The summed E-state index contributed by atoms with van der Waals surface area (Å²) in [5, 5.41) is 9.58. The fourth-order valence-corrected chi connectivity index (χ4v) is 4.20. The second kappa shape index (κ2) is 5.68. The van der Waals surface area contributed by atoms with Crippen LogP contribution in [0.3, 0.4) is 0 Å². The van der Waals surface area contributed by atoms with E-state index in [1.165, 1.54) is 12.8 Å². The van der Waals surface area contributed by atoms with Gasteiger partial charge in [0.05, 0.1) is 11.0 Å². The molecule has 1 aliphatic carbocycles. The van der Waals surface area contributed by atoms with Crippen LogP contribution in [0, 0.1) is 0 Å². The first kappa shape index (κ1) is 15.0. The van der Waals surface area contributed by atoms with E-state index in [9.17, 15) is 13.5 Å². The SMILES string of the molecule is CC(O)c1cccc(S(=O)(=O)NC2CCN(C3CC3)C2)c1. The Labute approximate surface area is 126 Å². The van der Waals surface area contributed by atoms with E-state index in [0.29, 0.717) is 11.6 Å². The average molecular weight is 310 g/mol. The number of hydrogen-bond acceptors (Lipinski definition) is 4. The maximum atomic E-state index is 12.4. The fraction of sp³-hybridized carbons (Fsp3) is 0.600. The van der Waals surface area contributed by atoms with E-state index in [1.807, 2.05) is 0 Å². The second-order valence-corrected chi connectivity index (χ2v) is 7.80. The van der Waals surface area contributed by atoms with Crippen molar-refractivity contribution in [2.75, 3.05) is 13.1 Å². The molecule has 0 radical (unpaired) electrons. The van der Waals surface area contributed by atoms with Crippen LogP contribution in [0.4, 0.5) is 0 Å². The minimum absolute atomic E-state index is 0.00851. The van der Waals surface area contributed by atoms with Gasteiger partial charge in [-0.1, -0.05) is 12.1 Å². The summed E-state index contributed by atoms with van der Waals surface area (Å²) in [4.78, 5) is 2.60. The molecule has 2 aliphatic rings. The third-order valence-corrected chi connectivity index (χ3v) is 5.77. The monoisotopic (exact) mass is 310 g/mol. The van der Waals surface area contributed by atoms with Gasteiger partial charge in [-0.15, -0.1) is 0 Å². The van der Waals surface area contributed by atoms with Gasteiger partial charge in [0.2, 0.25) is 10.0 Å². The Balaban J connectivity index is 1.70. The number of aliphatic hydroxyl groups excluding tert-OH is 1. The summed E-state index contributed by atoms with van der Waals surface area (Å²) in [5.41, 5.74) is 0.615. The first-order valence-electron chi connectivity index (χ1n) is 7.50. The first-order valence-corrected chi connectivity index (χ1v) is 8.98. The molecule has 116 valence electrons. The van der Waals surface area contributed by atoms with E-state index in [4.69, 9.17) is 0 Å². The molecule has 1 saturated heterocycles. The molecular weight excluding hydrogens is 288 g/mol. The smallest absolute Gasteiger partial charge is 0.240 e. The molecule has 0 bridgehead atoms. The minimum Gasteiger partial charge on any atom is -0.389 e. The van der Waals surface area contributed by atoms with Gasteiger partial charge < -0.3 is 5.11 Å². The molecule has 5 nitrogen and oxygen atoms in total. The van der Waals surface area contributed by atoms with Crippen LogP contribution >= 0.6 is 0 Å². The van der Waals surface area contributed by atoms with Crippen LogP contribution in [-0.4, -0.2) is 43.6 Å². The molecule has 1 aromatic carbocycles. The lowest BCUT2D eigenvalue weighted by molar-refractivity contribution is 0.199. The largest absolute Gasteiger partial charge is 0.389 e. The maximum absolute atomic E-state index is 12.4. The molecule has 2 N–H and O–H groups in total. The van der Waals surface area contributed by atoms with Gasteiger partial charge in [-0.2, -0.15) is 0 Å². The summed E-state index contributed by atoms with van der Waals surface area (Å²) in [5.74, 6) is 0. The molecule has 0 spiro atoms. The number of hydrogen-bond donors (Lipinski definition) is 2. The first-order chi connectivity index (χ1) is 9.95. The Kier molecular flexibility index (Phi) is 4.05.